The molecular formula is C21H32BFO5. The third kappa shape index (κ3) is 4.88. The van der Waals surface area contributed by atoms with Gasteiger partial charge in [0.2, 0.25) is 0 Å². The Labute approximate surface area is 168 Å². The minimum atomic E-state index is -1.08. The van der Waals surface area contributed by atoms with Crippen LogP contribution in [0.4, 0.5) is 4.39 Å². The zero-order valence-corrected chi connectivity index (χ0v) is 18.2. The molecule has 0 spiro atoms. The van der Waals surface area contributed by atoms with Crippen molar-refractivity contribution in [2.75, 3.05) is 20.8 Å². The van der Waals surface area contributed by atoms with E-state index in [0.717, 1.165) is 0 Å². The first-order chi connectivity index (χ1) is 13.0. The predicted molar refractivity (Wildman–Crippen MR) is 109 cm³/mol. The molecule has 1 aliphatic rings. The van der Waals surface area contributed by atoms with Gasteiger partial charge >= 0.3 is 7.12 Å². The minimum absolute atomic E-state index is 0.0546. The molecule has 1 aromatic carbocycles. The maximum Gasteiger partial charge on any atom is 0.525 e. The lowest BCUT2D eigenvalue weighted by molar-refractivity contribution is 0.00578. The van der Waals surface area contributed by atoms with Crippen molar-refractivity contribution in [1.82, 2.24) is 0 Å². The highest BCUT2D eigenvalue weighted by molar-refractivity contribution is 6.55. The van der Waals surface area contributed by atoms with Crippen molar-refractivity contribution in [3.8, 4) is 11.5 Å². The number of methoxy groups -OCH3 is 2. The summed E-state index contributed by atoms with van der Waals surface area (Å²) in [4.78, 5) is 0. The van der Waals surface area contributed by atoms with Gasteiger partial charge < -0.3 is 23.5 Å². The Morgan fingerprint density at radius 3 is 2.18 bits per heavy atom. The average molecular weight is 394 g/mol. The summed E-state index contributed by atoms with van der Waals surface area (Å²) in [7, 11) is 2.05. The Balaban J connectivity index is 2.46. The maximum atomic E-state index is 15.7. The Bertz CT molecular complexity index is 699. The van der Waals surface area contributed by atoms with Crippen molar-refractivity contribution < 1.29 is 27.9 Å². The Kier molecular flexibility index (Phi) is 7.18. The van der Waals surface area contributed by atoms with Gasteiger partial charge in [0.15, 0.2) is 0 Å². The lowest BCUT2D eigenvalue weighted by Gasteiger charge is -2.32. The van der Waals surface area contributed by atoms with Crippen LogP contribution < -0.4 is 9.47 Å². The maximum absolute atomic E-state index is 15.7. The molecule has 7 heteroatoms. The van der Waals surface area contributed by atoms with E-state index in [0.29, 0.717) is 35.7 Å². The second-order valence-electron chi connectivity index (χ2n) is 8.15. The molecule has 0 N–H and O–H groups in total. The summed E-state index contributed by atoms with van der Waals surface area (Å²) < 4.78 is 43.9. The van der Waals surface area contributed by atoms with Crippen molar-refractivity contribution in [1.29, 1.82) is 0 Å². The van der Waals surface area contributed by atoms with Crippen LogP contribution in [0.3, 0.4) is 0 Å². The van der Waals surface area contributed by atoms with Gasteiger partial charge in [0, 0.05) is 11.6 Å². The molecule has 1 saturated heterocycles. The fraction of sp³-hybridized carbons (Fsp3) is 0.619. The van der Waals surface area contributed by atoms with E-state index >= 15 is 4.39 Å². The van der Waals surface area contributed by atoms with Crippen LogP contribution in [0.15, 0.2) is 23.9 Å². The number of hydrogen-bond acceptors (Lipinski definition) is 5. The van der Waals surface area contributed by atoms with Gasteiger partial charge in [-0.3, -0.25) is 0 Å². The SMILES string of the molecule is COc1ccc(C(CCOC(C)C)=C(F)B2OC(C)(C)C(C)(C)O2)c(OC)c1. The first-order valence-corrected chi connectivity index (χ1v) is 9.60. The molecule has 156 valence electrons. The highest BCUT2D eigenvalue weighted by Crippen LogP contribution is 2.42. The standard InChI is InChI=1S/C21H32BFO5/c1-14(2)26-12-11-17(16-10-9-15(24-7)13-18(16)25-8)19(23)22-27-20(3,4)21(5,6)28-22/h9-10,13-14H,11-12H2,1-8H3. The van der Waals surface area contributed by atoms with E-state index in [1.807, 2.05) is 41.5 Å². The molecule has 28 heavy (non-hydrogen) atoms. The van der Waals surface area contributed by atoms with Gasteiger partial charge in [0.05, 0.1) is 38.1 Å². The van der Waals surface area contributed by atoms with E-state index in [4.69, 9.17) is 23.5 Å². The molecule has 1 aromatic rings. The van der Waals surface area contributed by atoms with E-state index in [1.165, 1.54) is 0 Å². The lowest BCUT2D eigenvalue weighted by atomic mass is 9.81. The van der Waals surface area contributed by atoms with Crippen molar-refractivity contribution in [3.63, 3.8) is 0 Å². The third-order valence-corrected chi connectivity index (χ3v) is 5.29. The summed E-state index contributed by atoms with van der Waals surface area (Å²) >= 11 is 0. The molecule has 0 bridgehead atoms. The number of halogens is 1. The molecule has 1 aliphatic heterocycles. The topological polar surface area (TPSA) is 46.2 Å². The minimum Gasteiger partial charge on any atom is -0.497 e. The van der Waals surface area contributed by atoms with Gasteiger partial charge in [0.25, 0.3) is 0 Å². The largest absolute Gasteiger partial charge is 0.525 e. The van der Waals surface area contributed by atoms with Crippen molar-refractivity contribution in [2.45, 2.75) is 65.3 Å². The molecule has 5 nitrogen and oxygen atoms in total. The van der Waals surface area contributed by atoms with Crippen LogP contribution in [-0.4, -0.2) is 45.3 Å². The number of hydrogen-bond donors (Lipinski definition) is 0. The van der Waals surface area contributed by atoms with E-state index in [1.54, 1.807) is 32.4 Å². The van der Waals surface area contributed by atoms with Crippen LogP contribution in [0.2, 0.25) is 0 Å². The highest BCUT2D eigenvalue weighted by Gasteiger charge is 2.53. The van der Waals surface area contributed by atoms with Crippen LogP contribution >= 0.6 is 0 Å². The Hall–Kier alpha value is -1.57. The summed E-state index contributed by atoms with van der Waals surface area (Å²) in [6.07, 6.45) is 0.412. The van der Waals surface area contributed by atoms with Gasteiger partial charge in [-0.2, -0.15) is 0 Å². The quantitative estimate of drug-likeness (QED) is 0.591. The van der Waals surface area contributed by atoms with Gasteiger partial charge in [-0.1, -0.05) is 0 Å². The number of benzene rings is 1. The first kappa shape index (κ1) is 22.7. The van der Waals surface area contributed by atoms with E-state index in [9.17, 15) is 0 Å². The molecule has 1 fully saturated rings. The monoisotopic (exact) mass is 394 g/mol. The molecule has 2 rings (SSSR count). The first-order valence-electron chi connectivity index (χ1n) is 9.60. The molecular weight excluding hydrogens is 362 g/mol. The third-order valence-electron chi connectivity index (χ3n) is 5.29. The normalized spacial score (nSPS) is 19.0. The highest BCUT2D eigenvalue weighted by atomic mass is 19.1. The summed E-state index contributed by atoms with van der Waals surface area (Å²) in [6.45, 7) is 11.9. The fourth-order valence-electron chi connectivity index (χ4n) is 2.92. The van der Waals surface area contributed by atoms with Crippen LogP contribution in [0.5, 0.6) is 11.5 Å². The fourth-order valence-corrected chi connectivity index (χ4v) is 2.92. The molecule has 0 atom stereocenters. The van der Waals surface area contributed by atoms with Crippen LogP contribution in [0, 0.1) is 0 Å². The van der Waals surface area contributed by atoms with Crippen molar-refractivity contribution >= 4 is 12.7 Å². The Morgan fingerprint density at radius 1 is 1.07 bits per heavy atom. The molecule has 0 saturated carbocycles. The van der Waals surface area contributed by atoms with Gasteiger partial charge in [-0.05, 0) is 65.7 Å². The zero-order chi connectivity index (χ0) is 21.1. The molecule has 0 unspecified atom stereocenters. The predicted octanol–water partition coefficient (Wildman–Crippen LogP) is 4.83. The van der Waals surface area contributed by atoms with Crippen molar-refractivity contribution in [2.24, 2.45) is 0 Å². The van der Waals surface area contributed by atoms with Crippen molar-refractivity contribution in [3.05, 3.63) is 29.5 Å². The van der Waals surface area contributed by atoms with E-state index in [-0.39, 0.29) is 6.10 Å². The number of ether oxygens (including phenoxy) is 3. The Morgan fingerprint density at radius 2 is 1.68 bits per heavy atom. The molecule has 0 aromatic heterocycles. The second kappa shape index (κ2) is 8.85. The van der Waals surface area contributed by atoms with Gasteiger partial charge in [-0.15, -0.1) is 0 Å². The van der Waals surface area contributed by atoms with Crippen LogP contribution in [-0.2, 0) is 14.0 Å². The lowest BCUT2D eigenvalue weighted by Crippen LogP contribution is -2.41. The van der Waals surface area contributed by atoms with E-state index < -0.39 is 24.0 Å². The van der Waals surface area contributed by atoms with Gasteiger partial charge in [0.1, 0.15) is 17.2 Å². The van der Waals surface area contributed by atoms with E-state index in [2.05, 4.69) is 0 Å². The average Bonchev–Trinajstić information content (AvgIpc) is 2.85. The molecule has 0 amide bonds. The zero-order valence-electron chi connectivity index (χ0n) is 18.2. The molecule has 0 aliphatic carbocycles. The summed E-state index contributed by atoms with van der Waals surface area (Å²) in [5.74, 6) is 1.15. The molecule has 0 radical (unpaired) electrons. The van der Waals surface area contributed by atoms with Gasteiger partial charge in [-0.25, -0.2) is 4.39 Å². The van der Waals surface area contributed by atoms with Crippen LogP contribution in [0.25, 0.3) is 5.57 Å². The molecule has 1 heterocycles. The summed E-state index contributed by atoms with van der Waals surface area (Å²) in [5.41, 5.74) is -0.645. The summed E-state index contributed by atoms with van der Waals surface area (Å²) in [6, 6.07) is 5.29. The second-order valence-corrected chi connectivity index (χ2v) is 8.15. The van der Waals surface area contributed by atoms with Crippen LogP contribution in [0.1, 0.15) is 53.5 Å². The summed E-state index contributed by atoms with van der Waals surface area (Å²) in [5, 5.41) is 0. The number of rotatable bonds is 8. The smallest absolute Gasteiger partial charge is 0.497 e.